The third-order valence-electron chi connectivity index (χ3n) is 3.62. The lowest BCUT2D eigenvalue weighted by Crippen LogP contribution is -2.38. The number of unbranched alkanes of at least 4 members (excludes halogenated alkanes) is 1. The maximum Gasteiger partial charge on any atom is 0.416 e. The molecule has 2 aromatic heterocycles. The van der Waals surface area contributed by atoms with Crippen LogP contribution in [-0.2, 0) is 9.47 Å². The molecule has 0 aliphatic rings. The molecule has 9 heteroatoms. The van der Waals surface area contributed by atoms with E-state index in [-0.39, 0.29) is 11.6 Å². The number of amides is 1. The van der Waals surface area contributed by atoms with Crippen LogP contribution >= 0.6 is 0 Å². The van der Waals surface area contributed by atoms with E-state index in [2.05, 4.69) is 14.7 Å². The van der Waals surface area contributed by atoms with Crippen LogP contribution in [0.3, 0.4) is 0 Å². The van der Waals surface area contributed by atoms with Crippen molar-refractivity contribution < 1.29 is 23.5 Å². The minimum atomic E-state index is -0.640. The third-order valence-corrected chi connectivity index (χ3v) is 3.62. The Bertz CT molecular complexity index is 813. The Kier molecular flexibility index (Phi) is 7.11. The summed E-state index contributed by atoms with van der Waals surface area (Å²) >= 11 is 0. The first-order valence-corrected chi connectivity index (χ1v) is 8.96. The first kappa shape index (κ1) is 21.4. The van der Waals surface area contributed by atoms with E-state index in [1.807, 2.05) is 0 Å². The molecule has 0 fully saturated rings. The van der Waals surface area contributed by atoms with Crippen molar-refractivity contribution >= 4 is 17.9 Å². The Morgan fingerprint density at radius 2 is 2.04 bits per heavy atom. The number of methoxy groups -OCH3 is 1. The Hall–Kier alpha value is -2.94. The molecule has 2 heterocycles. The Labute approximate surface area is 163 Å². The maximum atomic E-state index is 12.7. The molecule has 0 unspecified atom stereocenters. The third kappa shape index (κ3) is 5.78. The van der Waals surface area contributed by atoms with Gasteiger partial charge < -0.3 is 19.6 Å². The quantitative estimate of drug-likeness (QED) is 0.566. The highest BCUT2D eigenvalue weighted by molar-refractivity contribution is 5.88. The van der Waals surface area contributed by atoms with Crippen LogP contribution in [0.25, 0.3) is 11.5 Å². The van der Waals surface area contributed by atoms with E-state index in [9.17, 15) is 9.59 Å². The summed E-state index contributed by atoms with van der Waals surface area (Å²) in [6.45, 7) is 6.33. The Morgan fingerprint density at radius 3 is 2.68 bits per heavy atom. The van der Waals surface area contributed by atoms with Gasteiger partial charge in [-0.15, -0.1) is 0 Å². The fourth-order valence-corrected chi connectivity index (χ4v) is 2.33. The number of hydrogen-bond acceptors (Lipinski definition) is 8. The Balaban J connectivity index is 2.30. The molecule has 0 atom stereocenters. The van der Waals surface area contributed by atoms with E-state index in [0.717, 1.165) is 6.42 Å². The van der Waals surface area contributed by atoms with Crippen molar-refractivity contribution in [2.75, 3.05) is 25.1 Å². The second kappa shape index (κ2) is 9.32. The van der Waals surface area contributed by atoms with E-state index in [4.69, 9.17) is 14.9 Å². The first-order chi connectivity index (χ1) is 13.2. The largest absolute Gasteiger partial charge is 0.464 e. The average Bonchev–Trinajstić information content (AvgIpc) is 3.13. The predicted molar refractivity (Wildman–Crippen MR) is 103 cm³/mol. The normalized spacial score (nSPS) is 11.2. The highest BCUT2D eigenvalue weighted by atomic mass is 16.6. The van der Waals surface area contributed by atoms with Crippen LogP contribution in [0.5, 0.6) is 0 Å². The topological polar surface area (TPSA) is 121 Å². The van der Waals surface area contributed by atoms with Gasteiger partial charge in [-0.05, 0) is 52.3 Å². The second-order valence-corrected chi connectivity index (χ2v) is 7.06. The summed E-state index contributed by atoms with van der Waals surface area (Å²) < 4.78 is 15.5. The van der Waals surface area contributed by atoms with Crippen molar-refractivity contribution in [3.05, 3.63) is 30.3 Å². The lowest BCUT2D eigenvalue weighted by molar-refractivity contribution is 0.0574. The number of ether oxygens (including phenoxy) is 2. The van der Waals surface area contributed by atoms with Crippen molar-refractivity contribution in [2.24, 2.45) is 5.73 Å². The van der Waals surface area contributed by atoms with E-state index in [1.165, 1.54) is 24.5 Å². The number of oxazole rings is 1. The van der Waals surface area contributed by atoms with E-state index < -0.39 is 17.7 Å². The van der Waals surface area contributed by atoms with Crippen LogP contribution in [0.15, 0.2) is 29.0 Å². The molecule has 152 valence electrons. The minimum Gasteiger partial charge on any atom is -0.464 e. The molecule has 0 aromatic carbocycles. The number of nitrogens with two attached hydrogens (primary N) is 1. The molecular weight excluding hydrogens is 364 g/mol. The molecule has 1 amide bonds. The number of carbonyl (C=O) groups is 2. The highest BCUT2D eigenvalue weighted by Crippen LogP contribution is 2.24. The van der Waals surface area contributed by atoms with Crippen LogP contribution in [0.4, 0.5) is 10.6 Å². The zero-order valence-corrected chi connectivity index (χ0v) is 16.6. The summed E-state index contributed by atoms with van der Waals surface area (Å²) in [6, 6.07) is 3.32. The van der Waals surface area contributed by atoms with Crippen LogP contribution in [0, 0.1) is 0 Å². The van der Waals surface area contributed by atoms with E-state index >= 15 is 0 Å². The van der Waals surface area contributed by atoms with Gasteiger partial charge in [0, 0.05) is 18.3 Å². The number of esters is 1. The van der Waals surface area contributed by atoms with Crippen LogP contribution in [0.2, 0.25) is 0 Å². The fourth-order valence-electron chi connectivity index (χ4n) is 2.33. The predicted octanol–water partition coefficient (Wildman–Crippen LogP) is 3.00. The summed E-state index contributed by atoms with van der Waals surface area (Å²) in [4.78, 5) is 34.1. The van der Waals surface area contributed by atoms with Gasteiger partial charge in [-0.25, -0.2) is 19.6 Å². The van der Waals surface area contributed by atoms with Gasteiger partial charge in [0.05, 0.1) is 7.11 Å². The van der Waals surface area contributed by atoms with E-state index in [0.29, 0.717) is 30.9 Å². The molecule has 0 radical (unpaired) electrons. The average molecular weight is 390 g/mol. The van der Waals surface area contributed by atoms with Crippen molar-refractivity contribution in [3.8, 4) is 11.5 Å². The van der Waals surface area contributed by atoms with Gasteiger partial charge in [-0.1, -0.05) is 0 Å². The zero-order valence-electron chi connectivity index (χ0n) is 16.6. The molecule has 0 saturated heterocycles. The number of nitrogens with zero attached hydrogens (tertiary/aromatic N) is 3. The van der Waals surface area contributed by atoms with Gasteiger partial charge in [-0.2, -0.15) is 0 Å². The molecule has 9 nitrogen and oxygen atoms in total. The SMILES string of the molecule is COC(=O)c1coc(-c2ccnc(N(CCCCN)C(=O)OC(C)(C)C)c2)n1. The number of hydrogen-bond donors (Lipinski definition) is 1. The van der Waals surface area contributed by atoms with Crippen LogP contribution in [0.1, 0.15) is 44.1 Å². The fraction of sp³-hybridized carbons (Fsp3) is 0.474. The van der Waals surface area contributed by atoms with Gasteiger partial charge in [0.15, 0.2) is 5.69 Å². The van der Waals surface area contributed by atoms with Gasteiger partial charge in [-0.3, -0.25) is 4.90 Å². The van der Waals surface area contributed by atoms with Gasteiger partial charge in [0.25, 0.3) is 0 Å². The summed E-state index contributed by atoms with van der Waals surface area (Å²) in [5.74, 6) is 0.0122. The zero-order chi connectivity index (χ0) is 20.7. The Morgan fingerprint density at radius 1 is 1.29 bits per heavy atom. The van der Waals surface area contributed by atoms with Crippen LogP contribution < -0.4 is 10.6 Å². The number of pyridine rings is 1. The van der Waals surface area contributed by atoms with Crippen molar-refractivity contribution in [1.29, 1.82) is 0 Å². The van der Waals surface area contributed by atoms with Crippen molar-refractivity contribution in [2.45, 2.75) is 39.2 Å². The first-order valence-electron chi connectivity index (χ1n) is 8.96. The number of rotatable bonds is 7. The lowest BCUT2D eigenvalue weighted by atomic mass is 10.2. The lowest BCUT2D eigenvalue weighted by Gasteiger charge is -2.27. The molecule has 0 aliphatic heterocycles. The molecule has 2 N–H and O–H groups in total. The van der Waals surface area contributed by atoms with Crippen molar-refractivity contribution in [3.63, 3.8) is 0 Å². The minimum absolute atomic E-state index is 0.0582. The smallest absolute Gasteiger partial charge is 0.416 e. The van der Waals surface area contributed by atoms with E-state index in [1.54, 1.807) is 32.9 Å². The summed E-state index contributed by atoms with van der Waals surface area (Å²) in [6.07, 6.45) is 3.71. The molecule has 0 bridgehead atoms. The summed E-state index contributed by atoms with van der Waals surface area (Å²) in [5, 5.41) is 0. The summed E-state index contributed by atoms with van der Waals surface area (Å²) in [7, 11) is 1.27. The van der Waals surface area contributed by atoms with Crippen molar-refractivity contribution in [1.82, 2.24) is 9.97 Å². The van der Waals surface area contributed by atoms with Gasteiger partial charge >= 0.3 is 12.1 Å². The molecule has 2 rings (SSSR count). The highest BCUT2D eigenvalue weighted by Gasteiger charge is 2.24. The maximum absolute atomic E-state index is 12.7. The molecule has 28 heavy (non-hydrogen) atoms. The molecule has 0 aliphatic carbocycles. The molecular formula is C19H26N4O5. The second-order valence-electron chi connectivity index (χ2n) is 7.06. The standard InChI is InChI=1S/C19H26N4O5/c1-19(2,3)28-18(25)23(10-6-5-8-20)15-11-13(7-9-21-15)16-22-14(12-27-16)17(24)26-4/h7,9,11-12H,5-6,8,10,20H2,1-4H3. The molecule has 2 aromatic rings. The van der Waals surface area contributed by atoms with Gasteiger partial charge in [0.2, 0.25) is 5.89 Å². The number of anilines is 1. The van der Waals surface area contributed by atoms with Gasteiger partial charge in [0.1, 0.15) is 17.7 Å². The summed E-state index contributed by atoms with van der Waals surface area (Å²) in [5.41, 5.74) is 5.54. The number of carbonyl (C=O) groups excluding carboxylic acids is 2. The molecule has 0 spiro atoms. The molecule has 0 saturated carbocycles. The number of aromatic nitrogens is 2. The van der Waals surface area contributed by atoms with Crippen LogP contribution in [-0.4, -0.2) is 47.8 Å². The monoisotopic (exact) mass is 390 g/mol.